The van der Waals surface area contributed by atoms with Crippen LogP contribution in [0.3, 0.4) is 0 Å². The predicted molar refractivity (Wildman–Crippen MR) is 107 cm³/mol. The highest BCUT2D eigenvalue weighted by Gasteiger charge is 2.17. The highest BCUT2D eigenvalue weighted by molar-refractivity contribution is 6.28. The number of Topliss-reactive ketones (excluding diaryl/α,β-unsaturated/α-hetero) is 1. The number of hydrogen-bond acceptors (Lipinski definition) is 4. The summed E-state index contributed by atoms with van der Waals surface area (Å²) < 4.78 is 1.83. The first-order valence-corrected chi connectivity index (χ1v) is 9.28. The largest absolute Gasteiger partial charge is 0.294 e. The molecule has 5 nitrogen and oxygen atoms in total. The fraction of sp³-hybridized carbons (Fsp3) is 0.333. The number of halogens is 1. The fourth-order valence-corrected chi connectivity index (χ4v) is 3.00. The standard InChI is InChI=1S/C21H23ClN4O/c1-14-11-16(18-9-10-23-20(22)25-18)6-5-15(14)7-8-19(27)17-12-24-26(13-17)21(2,3)4/h5-6,9-13H,7-8H2,1-4H3. The Labute approximate surface area is 164 Å². The molecule has 0 spiro atoms. The Bertz CT molecular complexity index is 972. The van der Waals surface area contributed by atoms with Crippen LogP contribution in [0.25, 0.3) is 11.3 Å². The lowest BCUT2D eigenvalue weighted by Gasteiger charge is -2.18. The van der Waals surface area contributed by atoms with Crippen LogP contribution >= 0.6 is 11.6 Å². The zero-order valence-electron chi connectivity index (χ0n) is 16.0. The van der Waals surface area contributed by atoms with E-state index in [0.717, 1.165) is 22.4 Å². The zero-order chi connectivity index (χ0) is 19.6. The van der Waals surface area contributed by atoms with Crippen LogP contribution in [0.2, 0.25) is 5.28 Å². The van der Waals surface area contributed by atoms with E-state index in [9.17, 15) is 4.79 Å². The molecule has 3 rings (SSSR count). The second-order valence-electron chi connectivity index (χ2n) is 7.62. The number of rotatable bonds is 5. The van der Waals surface area contributed by atoms with Crippen molar-refractivity contribution in [3.05, 3.63) is 64.8 Å². The summed E-state index contributed by atoms with van der Waals surface area (Å²) in [7, 11) is 0. The number of benzene rings is 1. The molecule has 1 aromatic carbocycles. The minimum Gasteiger partial charge on any atom is -0.294 e. The molecule has 0 aliphatic rings. The van der Waals surface area contributed by atoms with Crippen molar-refractivity contribution in [1.82, 2.24) is 19.7 Å². The Morgan fingerprint density at radius 3 is 2.63 bits per heavy atom. The molecule has 0 saturated carbocycles. The summed E-state index contributed by atoms with van der Waals surface area (Å²) in [5.41, 5.74) is 4.58. The summed E-state index contributed by atoms with van der Waals surface area (Å²) >= 11 is 5.87. The lowest BCUT2D eigenvalue weighted by molar-refractivity contribution is 0.0982. The molecular weight excluding hydrogens is 360 g/mol. The van der Waals surface area contributed by atoms with Crippen LogP contribution in [0.1, 0.15) is 48.7 Å². The van der Waals surface area contributed by atoms with Gasteiger partial charge in [0.15, 0.2) is 5.78 Å². The quantitative estimate of drug-likeness (QED) is 0.466. The first kappa shape index (κ1) is 19.2. The van der Waals surface area contributed by atoms with Crippen LogP contribution in [-0.2, 0) is 12.0 Å². The van der Waals surface area contributed by atoms with Crippen molar-refractivity contribution in [3.63, 3.8) is 0 Å². The lowest BCUT2D eigenvalue weighted by atomic mass is 9.98. The Balaban J connectivity index is 1.69. The SMILES string of the molecule is Cc1cc(-c2ccnc(Cl)n2)ccc1CCC(=O)c1cnn(C(C)(C)C)c1. The van der Waals surface area contributed by atoms with Gasteiger partial charge in [0.05, 0.1) is 23.0 Å². The highest BCUT2D eigenvalue weighted by Crippen LogP contribution is 2.22. The van der Waals surface area contributed by atoms with Crippen LogP contribution in [-0.4, -0.2) is 25.5 Å². The third-order valence-corrected chi connectivity index (χ3v) is 4.66. The minimum absolute atomic E-state index is 0.108. The van der Waals surface area contributed by atoms with Crippen molar-refractivity contribution in [2.45, 2.75) is 46.1 Å². The Hall–Kier alpha value is -2.53. The molecule has 0 atom stereocenters. The molecule has 0 unspecified atom stereocenters. The van der Waals surface area contributed by atoms with E-state index in [1.54, 1.807) is 12.4 Å². The van der Waals surface area contributed by atoms with Crippen molar-refractivity contribution in [2.24, 2.45) is 0 Å². The number of hydrogen-bond donors (Lipinski definition) is 0. The third-order valence-electron chi connectivity index (χ3n) is 4.48. The third kappa shape index (κ3) is 4.61. The number of ketones is 1. The van der Waals surface area contributed by atoms with Gasteiger partial charge in [-0.1, -0.05) is 12.1 Å². The summed E-state index contributed by atoms with van der Waals surface area (Å²) in [5, 5.41) is 4.54. The molecule has 6 heteroatoms. The smallest absolute Gasteiger partial charge is 0.222 e. The lowest BCUT2D eigenvalue weighted by Crippen LogP contribution is -2.22. The molecule has 2 heterocycles. The number of aryl methyl sites for hydroxylation is 2. The monoisotopic (exact) mass is 382 g/mol. The Morgan fingerprint density at radius 1 is 1.22 bits per heavy atom. The Morgan fingerprint density at radius 2 is 2.00 bits per heavy atom. The molecule has 0 saturated heterocycles. The van der Waals surface area contributed by atoms with Gasteiger partial charge in [-0.15, -0.1) is 0 Å². The van der Waals surface area contributed by atoms with Gasteiger partial charge in [-0.3, -0.25) is 9.48 Å². The maximum absolute atomic E-state index is 12.5. The van der Waals surface area contributed by atoms with Gasteiger partial charge in [0.1, 0.15) is 0 Å². The molecule has 27 heavy (non-hydrogen) atoms. The topological polar surface area (TPSA) is 60.7 Å². The van der Waals surface area contributed by atoms with Crippen molar-refractivity contribution in [3.8, 4) is 11.3 Å². The van der Waals surface area contributed by atoms with Crippen LogP contribution in [0, 0.1) is 6.92 Å². The molecule has 0 amide bonds. The maximum atomic E-state index is 12.5. The maximum Gasteiger partial charge on any atom is 0.222 e. The average Bonchev–Trinajstić information content (AvgIpc) is 3.11. The zero-order valence-corrected chi connectivity index (χ0v) is 16.8. The first-order valence-electron chi connectivity index (χ1n) is 8.91. The van der Waals surface area contributed by atoms with Gasteiger partial charge >= 0.3 is 0 Å². The van der Waals surface area contributed by atoms with Gasteiger partial charge in [0.25, 0.3) is 0 Å². The van der Waals surface area contributed by atoms with Crippen LogP contribution in [0.4, 0.5) is 0 Å². The van der Waals surface area contributed by atoms with Crippen molar-refractivity contribution in [2.75, 3.05) is 0 Å². The summed E-state index contributed by atoms with van der Waals surface area (Å²) in [6.07, 6.45) is 6.27. The van der Waals surface area contributed by atoms with Gasteiger partial charge < -0.3 is 0 Å². The predicted octanol–water partition coefficient (Wildman–Crippen LogP) is 4.87. The summed E-state index contributed by atoms with van der Waals surface area (Å²) in [6.45, 7) is 8.22. The van der Waals surface area contributed by atoms with Gasteiger partial charge in [-0.05, 0) is 69.0 Å². The number of carbonyl (C=O) groups is 1. The molecule has 140 valence electrons. The summed E-state index contributed by atoms with van der Waals surface area (Å²) in [6, 6.07) is 7.95. The van der Waals surface area contributed by atoms with Crippen LogP contribution in [0.15, 0.2) is 42.9 Å². The van der Waals surface area contributed by atoms with Crippen LogP contribution < -0.4 is 0 Å². The molecule has 0 radical (unpaired) electrons. The molecule has 0 bridgehead atoms. The molecule has 3 aromatic rings. The number of carbonyl (C=O) groups excluding carboxylic acids is 1. The Kier molecular flexibility index (Phi) is 5.42. The van der Waals surface area contributed by atoms with E-state index in [0.29, 0.717) is 18.4 Å². The van der Waals surface area contributed by atoms with Crippen molar-refractivity contribution < 1.29 is 4.79 Å². The van der Waals surface area contributed by atoms with Crippen LogP contribution in [0.5, 0.6) is 0 Å². The molecule has 0 aliphatic heterocycles. The van der Waals surface area contributed by atoms with Crippen molar-refractivity contribution in [1.29, 1.82) is 0 Å². The number of aromatic nitrogens is 4. The van der Waals surface area contributed by atoms with E-state index in [1.807, 2.05) is 36.0 Å². The summed E-state index contributed by atoms with van der Waals surface area (Å²) in [4.78, 5) is 20.7. The van der Waals surface area contributed by atoms with E-state index in [-0.39, 0.29) is 16.6 Å². The van der Waals surface area contributed by atoms with Gasteiger partial charge in [0, 0.05) is 24.4 Å². The van der Waals surface area contributed by atoms with Crippen molar-refractivity contribution >= 4 is 17.4 Å². The second-order valence-corrected chi connectivity index (χ2v) is 7.96. The minimum atomic E-state index is -0.130. The molecular formula is C21H23ClN4O. The van der Waals surface area contributed by atoms with Gasteiger partial charge in [-0.2, -0.15) is 5.10 Å². The molecule has 2 aromatic heterocycles. The van der Waals surface area contributed by atoms with E-state index in [1.165, 1.54) is 0 Å². The summed E-state index contributed by atoms with van der Waals surface area (Å²) in [5.74, 6) is 0.108. The second kappa shape index (κ2) is 7.61. The van der Waals surface area contributed by atoms with E-state index in [4.69, 9.17) is 11.6 Å². The molecule has 0 aliphatic carbocycles. The van der Waals surface area contributed by atoms with E-state index in [2.05, 4.69) is 41.9 Å². The fourth-order valence-electron chi connectivity index (χ4n) is 2.86. The van der Waals surface area contributed by atoms with E-state index >= 15 is 0 Å². The molecule has 0 fully saturated rings. The highest BCUT2D eigenvalue weighted by atomic mass is 35.5. The van der Waals surface area contributed by atoms with Gasteiger partial charge in [0.2, 0.25) is 5.28 Å². The van der Waals surface area contributed by atoms with E-state index < -0.39 is 0 Å². The normalized spacial score (nSPS) is 11.6. The first-order chi connectivity index (χ1) is 12.7. The molecule has 0 N–H and O–H groups in total. The average molecular weight is 383 g/mol. The number of nitrogens with zero attached hydrogens (tertiary/aromatic N) is 4. The van der Waals surface area contributed by atoms with Gasteiger partial charge in [-0.25, -0.2) is 9.97 Å².